The highest BCUT2D eigenvalue weighted by molar-refractivity contribution is 6.01. The molecule has 30 heavy (non-hydrogen) atoms. The van der Waals surface area contributed by atoms with Crippen LogP contribution in [0.25, 0.3) is 0 Å². The molecule has 156 valence electrons. The zero-order valence-electron chi connectivity index (χ0n) is 16.8. The second kappa shape index (κ2) is 8.57. The minimum absolute atomic E-state index is 0.00774. The first-order valence-electron chi connectivity index (χ1n) is 10.1. The Morgan fingerprint density at radius 1 is 1.13 bits per heavy atom. The molecule has 2 aliphatic heterocycles. The highest BCUT2D eigenvalue weighted by Gasteiger charge is 2.29. The standard InChI is InChI=1S/C23H24N2O5/c1-15-2-5-18(6-3-15)29-14-22(27)25-10-8-16(9-11-25)23(28)17-4-7-20-19(12-17)24-21(26)13-30-20/h2-7,12,16H,8-11,13-14H2,1H3,(H,24,26). The van der Waals surface area contributed by atoms with Crippen molar-refractivity contribution >= 4 is 23.3 Å². The van der Waals surface area contributed by atoms with Gasteiger partial charge in [-0.25, -0.2) is 0 Å². The van der Waals surface area contributed by atoms with Gasteiger partial charge in [-0.05, 0) is 50.1 Å². The average molecular weight is 408 g/mol. The molecule has 7 heteroatoms. The van der Waals surface area contributed by atoms with Gasteiger partial charge in [0.15, 0.2) is 19.0 Å². The topological polar surface area (TPSA) is 84.9 Å². The smallest absolute Gasteiger partial charge is 0.262 e. The Morgan fingerprint density at radius 3 is 2.60 bits per heavy atom. The van der Waals surface area contributed by atoms with E-state index in [-0.39, 0.29) is 36.7 Å². The number of anilines is 1. The van der Waals surface area contributed by atoms with Crippen molar-refractivity contribution in [2.24, 2.45) is 5.92 Å². The van der Waals surface area contributed by atoms with Crippen molar-refractivity contribution in [3.8, 4) is 11.5 Å². The third kappa shape index (κ3) is 4.45. The van der Waals surface area contributed by atoms with Gasteiger partial charge in [0.25, 0.3) is 11.8 Å². The fourth-order valence-corrected chi connectivity index (χ4v) is 3.73. The van der Waals surface area contributed by atoms with Crippen LogP contribution in [0.5, 0.6) is 11.5 Å². The number of ether oxygens (including phenoxy) is 2. The summed E-state index contributed by atoms with van der Waals surface area (Å²) in [5.41, 5.74) is 2.21. The van der Waals surface area contributed by atoms with Crippen molar-refractivity contribution in [2.45, 2.75) is 19.8 Å². The van der Waals surface area contributed by atoms with E-state index >= 15 is 0 Å². The summed E-state index contributed by atoms with van der Waals surface area (Å²) in [5.74, 6) is 0.815. The molecular weight excluding hydrogens is 384 g/mol. The molecule has 0 saturated carbocycles. The van der Waals surface area contributed by atoms with E-state index in [9.17, 15) is 14.4 Å². The number of likely N-dealkylation sites (tertiary alicyclic amines) is 1. The Hall–Kier alpha value is -3.35. The van der Waals surface area contributed by atoms with Crippen LogP contribution in [0, 0.1) is 12.8 Å². The first kappa shape index (κ1) is 19.9. The minimum Gasteiger partial charge on any atom is -0.484 e. The number of nitrogens with one attached hydrogen (secondary N) is 1. The van der Waals surface area contributed by atoms with Crippen molar-refractivity contribution in [3.63, 3.8) is 0 Å². The van der Waals surface area contributed by atoms with E-state index in [0.29, 0.717) is 48.7 Å². The maximum atomic E-state index is 12.9. The van der Waals surface area contributed by atoms with Gasteiger partial charge in [0.2, 0.25) is 0 Å². The zero-order valence-corrected chi connectivity index (χ0v) is 16.8. The molecule has 2 amide bonds. The van der Waals surface area contributed by atoms with Gasteiger partial charge in [-0.2, -0.15) is 0 Å². The Labute approximate surface area is 175 Å². The Balaban J connectivity index is 1.30. The van der Waals surface area contributed by atoms with Crippen molar-refractivity contribution in [2.75, 3.05) is 31.6 Å². The number of benzene rings is 2. The van der Waals surface area contributed by atoms with Gasteiger partial charge in [0, 0.05) is 24.6 Å². The van der Waals surface area contributed by atoms with Gasteiger partial charge in [0.1, 0.15) is 11.5 Å². The molecule has 1 fully saturated rings. The van der Waals surface area contributed by atoms with Crippen LogP contribution in [0.3, 0.4) is 0 Å². The van der Waals surface area contributed by atoms with Crippen LogP contribution in [-0.2, 0) is 9.59 Å². The molecule has 0 spiro atoms. The lowest BCUT2D eigenvalue weighted by Crippen LogP contribution is -2.42. The third-order valence-corrected chi connectivity index (χ3v) is 5.50. The summed E-state index contributed by atoms with van der Waals surface area (Å²) in [5, 5.41) is 2.73. The molecule has 1 saturated heterocycles. The molecule has 2 aromatic rings. The molecule has 2 aliphatic rings. The molecular formula is C23H24N2O5. The second-order valence-corrected chi connectivity index (χ2v) is 7.67. The number of rotatable bonds is 5. The number of fused-ring (bicyclic) bond motifs is 1. The van der Waals surface area contributed by atoms with Crippen molar-refractivity contribution < 1.29 is 23.9 Å². The van der Waals surface area contributed by atoms with Crippen molar-refractivity contribution in [1.29, 1.82) is 0 Å². The fourth-order valence-electron chi connectivity index (χ4n) is 3.73. The average Bonchev–Trinajstić information content (AvgIpc) is 2.77. The molecule has 4 rings (SSSR count). The van der Waals surface area contributed by atoms with Gasteiger partial charge in [-0.1, -0.05) is 17.7 Å². The van der Waals surface area contributed by atoms with Crippen LogP contribution < -0.4 is 14.8 Å². The van der Waals surface area contributed by atoms with E-state index < -0.39 is 0 Å². The first-order valence-corrected chi connectivity index (χ1v) is 10.1. The monoisotopic (exact) mass is 408 g/mol. The summed E-state index contributed by atoms with van der Waals surface area (Å²) in [7, 11) is 0. The zero-order chi connectivity index (χ0) is 21.1. The Bertz CT molecular complexity index is 962. The number of amides is 2. The maximum absolute atomic E-state index is 12.9. The van der Waals surface area contributed by atoms with Crippen molar-refractivity contribution in [3.05, 3.63) is 53.6 Å². The number of nitrogens with zero attached hydrogens (tertiary/aromatic N) is 1. The number of ketones is 1. The SMILES string of the molecule is Cc1ccc(OCC(=O)N2CCC(C(=O)c3ccc4c(c3)NC(=O)CO4)CC2)cc1. The predicted molar refractivity (Wildman–Crippen MR) is 111 cm³/mol. The van der Waals surface area contributed by atoms with Gasteiger partial charge in [-0.3, -0.25) is 14.4 Å². The van der Waals surface area contributed by atoms with Crippen LogP contribution in [0.2, 0.25) is 0 Å². The molecule has 2 aromatic carbocycles. The van der Waals surface area contributed by atoms with Gasteiger partial charge in [0.05, 0.1) is 5.69 Å². The summed E-state index contributed by atoms with van der Waals surface area (Å²) in [6.45, 7) is 3.02. The molecule has 7 nitrogen and oxygen atoms in total. The molecule has 0 radical (unpaired) electrons. The number of hydrogen-bond donors (Lipinski definition) is 1. The number of Topliss-reactive ketones (excluding diaryl/α,β-unsaturated/α-hetero) is 1. The highest BCUT2D eigenvalue weighted by Crippen LogP contribution is 2.30. The van der Waals surface area contributed by atoms with Crippen LogP contribution in [0.15, 0.2) is 42.5 Å². The molecule has 1 N–H and O–H groups in total. The Kier molecular flexibility index (Phi) is 5.70. The fraction of sp³-hybridized carbons (Fsp3) is 0.348. The summed E-state index contributed by atoms with van der Waals surface area (Å²) < 4.78 is 10.9. The first-order chi connectivity index (χ1) is 14.5. The molecule has 0 atom stereocenters. The normalized spacial score (nSPS) is 16.3. The number of piperidine rings is 1. The number of carbonyl (C=O) groups excluding carboxylic acids is 3. The summed E-state index contributed by atoms with van der Waals surface area (Å²) >= 11 is 0. The summed E-state index contributed by atoms with van der Waals surface area (Å²) in [4.78, 5) is 38.6. The van der Waals surface area contributed by atoms with E-state index in [1.165, 1.54) is 0 Å². The molecule has 0 aromatic heterocycles. The van der Waals surface area contributed by atoms with E-state index in [4.69, 9.17) is 9.47 Å². The van der Waals surface area contributed by atoms with E-state index in [1.54, 1.807) is 23.1 Å². The second-order valence-electron chi connectivity index (χ2n) is 7.67. The summed E-state index contributed by atoms with van der Waals surface area (Å²) in [6.07, 6.45) is 1.21. The lowest BCUT2D eigenvalue weighted by Gasteiger charge is -2.31. The quantitative estimate of drug-likeness (QED) is 0.769. The molecule has 0 bridgehead atoms. The predicted octanol–water partition coefficient (Wildman–Crippen LogP) is 2.83. The largest absolute Gasteiger partial charge is 0.484 e. The van der Waals surface area contributed by atoms with E-state index in [2.05, 4.69) is 5.32 Å². The molecule has 2 heterocycles. The summed E-state index contributed by atoms with van der Waals surface area (Å²) in [6, 6.07) is 12.7. The van der Waals surface area contributed by atoms with Crippen molar-refractivity contribution in [1.82, 2.24) is 4.90 Å². The van der Waals surface area contributed by atoms with E-state index in [0.717, 1.165) is 5.56 Å². The van der Waals surface area contributed by atoms with Gasteiger partial charge >= 0.3 is 0 Å². The van der Waals surface area contributed by atoms with Crippen LogP contribution in [0.1, 0.15) is 28.8 Å². The van der Waals surface area contributed by atoms with Crippen LogP contribution in [0.4, 0.5) is 5.69 Å². The number of aryl methyl sites for hydroxylation is 1. The third-order valence-electron chi connectivity index (χ3n) is 5.50. The number of hydrogen-bond acceptors (Lipinski definition) is 5. The van der Waals surface area contributed by atoms with Gasteiger partial charge in [-0.15, -0.1) is 0 Å². The highest BCUT2D eigenvalue weighted by atomic mass is 16.5. The lowest BCUT2D eigenvalue weighted by molar-refractivity contribution is -0.134. The van der Waals surface area contributed by atoms with Gasteiger partial charge < -0.3 is 19.7 Å². The molecule has 0 aliphatic carbocycles. The van der Waals surface area contributed by atoms with Crippen LogP contribution >= 0.6 is 0 Å². The Morgan fingerprint density at radius 2 is 1.87 bits per heavy atom. The minimum atomic E-state index is -0.230. The molecule has 0 unspecified atom stereocenters. The van der Waals surface area contributed by atoms with Crippen LogP contribution in [-0.4, -0.2) is 48.8 Å². The van der Waals surface area contributed by atoms with E-state index in [1.807, 2.05) is 31.2 Å². The lowest BCUT2D eigenvalue weighted by atomic mass is 9.88. The maximum Gasteiger partial charge on any atom is 0.262 e. The number of carbonyl (C=O) groups is 3.